The standard InChI is InChI=1S/C23H28ClN3O2S/c1-3-19(24)5-4-18(2)10-11-23(16-27-13-12-26-17-27)28-14-21(29-23)15-30-22-8-6-20(25)7-9-22/h3-9,12-13,17,21H,2,10-11,14-16,25H2,1H3/b5-4-,19-3+/t21-,23-/m1/s1. The number of anilines is 1. The van der Waals surface area contributed by atoms with E-state index in [1.165, 1.54) is 4.90 Å². The van der Waals surface area contributed by atoms with Crippen LogP contribution < -0.4 is 5.73 Å². The second kappa shape index (κ2) is 10.9. The van der Waals surface area contributed by atoms with Crippen LogP contribution in [0.5, 0.6) is 0 Å². The van der Waals surface area contributed by atoms with Crippen LogP contribution in [0.25, 0.3) is 0 Å². The second-order valence-corrected chi connectivity index (χ2v) is 8.77. The van der Waals surface area contributed by atoms with E-state index < -0.39 is 5.79 Å². The number of nitrogens with two attached hydrogens (primary N) is 1. The van der Waals surface area contributed by atoms with Crippen LogP contribution >= 0.6 is 23.4 Å². The Kier molecular flexibility index (Phi) is 8.22. The summed E-state index contributed by atoms with van der Waals surface area (Å²) < 4.78 is 14.7. The number of halogens is 1. The third-order valence-corrected chi connectivity index (χ3v) is 6.28. The van der Waals surface area contributed by atoms with E-state index in [0.29, 0.717) is 24.6 Å². The highest BCUT2D eigenvalue weighted by atomic mass is 35.5. The molecule has 30 heavy (non-hydrogen) atoms. The lowest BCUT2D eigenvalue weighted by Gasteiger charge is -2.28. The Hall–Kier alpha value is -1.99. The number of rotatable bonds is 10. The number of allylic oxidation sites excluding steroid dienone is 5. The number of ether oxygens (including phenoxy) is 2. The number of nitrogen functional groups attached to an aromatic ring is 1. The van der Waals surface area contributed by atoms with Crippen LogP contribution in [0.4, 0.5) is 5.69 Å². The molecular formula is C23H28ClN3O2S. The smallest absolute Gasteiger partial charge is 0.187 e. The van der Waals surface area contributed by atoms with Crippen molar-refractivity contribution in [2.24, 2.45) is 0 Å². The van der Waals surface area contributed by atoms with Gasteiger partial charge >= 0.3 is 0 Å². The minimum atomic E-state index is -0.700. The number of imidazole rings is 1. The second-order valence-electron chi connectivity index (χ2n) is 7.24. The van der Waals surface area contributed by atoms with Crippen molar-refractivity contribution >= 4 is 29.1 Å². The number of hydrogen-bond acceptors (Lipinski definition) is 5. The van der Waals surface area contributed by atoms with Gasteiger partial charge in [0, 0.05) is 40.2 Å². The lowest BCUT2D eigenvalue weighted by Crippen LogP contribution is -2.36. The third kappa shape index (κ3) is 6.77. The molecular weight excluding hydrogens is 418 g/mol. The average Bonchev–Trinajstić information content (AvgIpc) is 3.40. The van der Waals surface area contributed by atoms with Gasteiger partial charge in [0.05, 0.1) is 25.6 Å². The third-order valence-electron chi connectivity index (χ3n) is 4.79. The predicted octanol–water partition coefficient (Wildman–Crippen LogP) is 5.40. The fourth-order valence-corrected chi connectivity index (χ4v) is 4.07. The minimum absolute atomic E-state index is 0.0114. The molecule has 1 saturated heterocycles. The molecule has 0 unspecified atom stereocenters. The van der Waals surface area contributed by atoms with Crippen LogP contribution in [0, 0.1) is 0 Å². The normalized spacial score (nSPS) is 22.1. The monoisotopic (exact) mass is 445 g/mol. The molecule has 5 nitrogen and oxygen atoms in total. The quantitative estimate of drug-likeness (QED) is 0.301. The molecule has 2 aromatic rings. The van der Waals surface area contributed by atoms with Crippen LogP contribution in [0.2, 0.25) is 0 Å². The molecule has 0 bridgehead atoms. The van der Waals surface area contributed by atoms with E-state index in [1.54, 1.807) is 24.3 Å². The molecule has 0 amide bonds. The highest BCUT2D eigenvalue weighted by Crippen LogP contribution is 2.34. The van der Waals surface area contributed by atoms with Gasteiger partial charge in [-0.1, -0.05) is 35.9 Å². The zero-order valence-electron chi connectivity index (χ0n) is 17.2. The van der Waals surface area contributed by atoms with Gasteiger partial charge in [-0.25, -0.2) is 4.98 Å². The summed E-state index contributed by atoms with van der Waals surface area (Å²) in [5.41, 5.74) is 7.51. The van der Waals surface area contributed by atoms with Gasteiger partial charge in [-0.05, 0) is 43.7 Å². The molecule has 1 fully saturated rings. The average molecular weight is 446 g/mol. The molecule has 160 valence electrons. The van der Waals surface area contributed by atoms with E-state index in [1.807, 2.05) is 60.2 Å². The van der Waals surface area contributed by atoms with Crippen molar-refractivity contribution in [3.8, 4) is 0 Å². The number of thioether (sulfide) groups is 1. The SMILES string of the molecule is C=C(/C=C\C(Cl)=C/C)CC[C@@]1(Cn2ccnc2)OC[C@H](CSc2ccc(N)cc2)O1. The van der Waals surface area contributed by atoms with Crippen LogP contribution in [-0.4, -0.2) is 33.8 Å². The predicted molar refractivity (Wildman–Crippen MR) is 124 cm³/mol. The summed E-state index contributed by atoms with van der Waals surface area (Å²) in [5.74, 6) is 0.113. The first-order valence-corrected chi connectivity index (χ1v) is 11.3. The van der Waals surface area contributed by atoms with E-state index in [2.05, 4.69) is 11.6 Å². The van der Waals surface area contributed by atoms with E-state index in [4.69, 9.17) is 26.8 Å². The molecule has 2 heterocycles. The van der Waals surface area contributed by atoms with Crippen LogP contribution in [0.1, 0.15) is 19.8 Å². The molecule has 0 radical (unpaired) electrons. The zero-order chi connectivity index (χ0) is 21.4. The van der Waals surface area contributed by atoms with Gasteiger partial charge < -0.3 is 19.8 Å². The number of benzene rings is 1. The molecule has 1 aromatic heterocycles. The highest BCUT2D eigenvalue weighted by Gasteiger charge is 2.41. The van der Waals surface area contributed by atoms with Gasteiger partial charge in [0.2, 0.25) is 0 Å². The summed E-state index contributed by atoms with van der Waals surface area (Å²) in [7, 11) is 0. The molecule has 7 heteroatoms. The number of nitrogens with zero attached hydrogens (tertiary/aromatic N) is 2. The van der Waals surface area contributed by atoms with E-state index >= 15 is 0 Å². The Labute approximate surface area is 187 Å². The van der Waals surface area contributed by atoms with Gasteiger partial charge in [-0.15, -0.1) is 11.8 Å². The van der Waals surface area contributed by atoms with Crippen LogP contribution in [0.15, 0.2) is 83.3 Å². The minimum Gasteiger partial charge on any atom is -0.399 e. The Bertz CT molecular complexity index is 880. The highest BCUT2D eigenvalue weighted by molar-refractivity contribution is 7.99. The van der Waals surface area contributed by atoms with Crippen LogP contribution in [-0.2, 0) is 16.0 Å². The molecule has 1 aliphatic rings. The zero-order valence-corrected chi connectivity index (χ0v) is 18.7. The summed E-state index contributed by atoms with van der Waals surface area (Å²) in [6, 6.07) is 7.88. The lowest BCUT2D eigenvalue weighted by molar-refractivity contribution is -0.179. The molecule has 2 N–H and O–H groups in total. The molecule has 3 rings (SSSR count). The maximum absolute atomic E-state index is 6.45. The first-order valence-electron chi connectivity index (χ1n) is 9.91. The largest absolute Gasteiger partial charge is 0.399 e. The van der Waals surface area contributed by atoms with Crippen molar-refractivity contribution in [1.29, 1.82) is 0 Å². The van der Waals surface area contributed by atoms with Crippen molar-refractivity contribution in [3.63, 3.8) is 0 Å². The lowest BCUT2D eigenvalue weighted by atomic mass is 10.0. The summed E-state index contributed by atoms with van der Waals surface area (Å²) >= 11 is 7.78. The fraction of sp³-hybridized carbons (Fsp3) is 0.348. The molecule has 1 aliphatic heterocycles. The Balaban J connectivity index is 1.60. The topological polar surface area (TPSA) is 62.3 Å². The van der Waals surface area contributed by atoms with E-state index in [9.17, 15) is 0 Å². The molecule has 2 atom stereocenters. The van der Waals surface area contributed by atoms with Crippen molar-refractivity contribution in [2.45, 2.75) is 43.1 Å². The molecule has 0 spiro atoms. The Morgan fingerprint density at radius 1 is 1.40 bits per heavy atom. The van der Waals surface area contributed by atoms with E-state index in [-0.39, 0.29) is 6.10 Å². The van der Waals surface area contributed by atoms with Gasteiger partial charge in [0.15, 0.2) is 5.79 Å². The number of hydrogen-bond donors (Lipinski definition) is 1. The first-order chi connectivity index (χ1) is 14.5. The summed E-state index contributed by atoms with van der Waals surface area (Å²) in [6.07, 6.45) is 12.6. The molecule has 0 saturated carbocycles. The maximum atomic E-state index is 6.45. The van der Waals surface area contributed by atoms with Crippen molar-refractivity contribution in [2.75, 3.05) is 18.1 Å². The van der Waals surface area contributed by atoms with Crippen molar-refractivity contribution in [1.82, 2.24) is 9.55 Å². The van der Waals surface area contributed by atoms with Gasteiger partial charge in [-0.2, -0.15) is 0 Å². The van der Waals surface area contributed by atoms with Crippen molar-refractivity contribution < 1.29 is 9.47 Å². The van der Waals surface area contributed by atoms with Crippen LogP contribution in [0.3, 0.4) is 0 Å². The van der Waals surface area contributed by atoms with Crippen molar-refractivity contribution in [3.05, 3.63) is 78.4 Å². The van der Waals surface area contributed by atoms with Gasteiger partial charge in [0.1, 0.15) is 0 Å². The fourth-order valence-electron chi connectivity index (χ4n) is 3.13. The van der Waals surface area contributed by atoms with E-state index in [0.717, 1.165) is 23.4 Å². The number of aromatic nitrogens is 2. The molecule has 0 aliphatic carbocycles. The molecule has 1 aromatic carbocycles. The summed E-state index contributed by atoms with van der Waals surface area (Å²) in [5, 5.41) is 0.692. The van der Waals surface area contributed by atoms with Gasteiger partial charge in [0.25, 0.3) is 0 Å². The Morgan fingerprint density at radius 3 is 2.90 bits per heavy atom. The maximum Gasteiger partial charge on any atom is 0.187 e. The Morgan fingerprint density at radius 2 is 2.20 bits per heavy atom. The van der Waals surface area contributed by atoms with Gasteiger partial charge in [-0.3, -0.25) is 0 Å². The summed E-state index contributed by atoms with van der Waals surface area (Å²) in [6.45, 7) is 7.18. The summed E-state index contributed by atoms with van der Waals surface area (Å²) in [4.78, 5) is 5.30. The first kappa shape index (κ1) is 22.7.